The molecular formula is C20H18F3N3O3. The van der Waals surface area contributed by atoms with E-state index < -0.39 is 34.7 Å². The third-order valence-electron chi connectivity index (χ3n) is 4.11. The number of nitrogens with one attached hydrogen (secondary N) is 2. The third kappa shape index (κ3) is 4.74. The van der Waals surface area contributed by atoms with Crippen LogP contribution in [-0.2, 0) is 10.9 Å². The van der Waals surface area contributed by atoms with Gasteiger partial charge in [-0.1, -0.05) is 12.1 Å². The number of carbonyl (C=O) groups is 2. The van der Waals surface area contributed by atoms with Gasteiger partial charge < -0.3 is 15.0 Å². The Bertz CT molecular complexity index is 1060. The fraction of sp³-hybridized carbons (Fsp3) is 0.250. The molecule has 0 saturated heterocycles. The van der Waals surface area contributed by atoms with Crippen LogP contribution in [0.5, 0.6) is 0 Å². The van der Waals surface area contributed by atoms with Gasteiger partial charge in [0.15, 0.2) is 0 Å². The van der Waals surface area contributed by atoms with Crippen LogP contribution in [-0.4, -0.2) is 34.0 Å². The maximum Gasteiger partial charge on any atom is 0.417 e. The summed E-state index contributed by atoms with van der Waals surface area (Å²) >= 11 is 0. The smallest absolute Gasteiger partial charge is 0.417 e. The molecule has 0 spiro atoms. The number of H-pyrrole nitrogens is 1. The molecule has 2 N–H and O–H groups in total. The first kappa shape index (κ1) is 20.4. The second-order valence-corrected chi connectivity index (χ2v) is 7.07. The van der Waals surface area contributed by atoms with Crippen molar-refractivity contribution in [3.8, 4) is 0 Å². The van der Waals surface area contributed by atoms with Crippen molar-refractivity contribution in [3.05, 3.63) is 65.5 Å². The number of benzene rings is 1. The van der Waals surface area contributed by atoms with E-state index in [4.69, 9.17) is 4.74 Å². The van der Waals surface area contributed by atoms with Crippen LogP contribution in [0.4, 0.5) is 13.2 Å². The molecule has 0 aliphatic rings. The van der Waals surface area contributed by atoms with Crippen molar-refractivity contribution in [2.45, 2.75) is 25.6 Å². The number of aromatic amines is 1. The van der Waals surface area contributed by atoms with Crippen molar-refractivity contribution in [3.63, 3.8) is 0 Å². The van der Waals surface area contributed by atoms with Crippen LogP contribution in [0.3, 0.4) is 0 Å². The highest BCUT2D eigenvalue weighted by Crippen LogP contribution is 2.32. The minimum Gasteiger partial charge on any atom is -0.460 e. The molecule has 6 nitrogen and oxygen atoms in total. The Hall–Kier alpha value is -3.36. The molecule has 2 heterocycles. The fourth-order valence-corrected chi connectivity index (χ4v) is 2.70. The Labute approximate surface area is 164 Å². The highest BCUT2D eigenvalue weighted by molar-refractivity contribution is 5.95. The molecule has 9 heteroatoms. The molecule has 3 rings (SSSR count). The quantitative estimate of drug-likeness (QED) is 0.630. The van der Waals surface area contributed by atoms with E-state index in [2.05, 4.69) is 15.3 Å². The first-order chi connectivity index (χ1) is 13.6. The van der Waals surface area contributed by atoms with Gasteiger partial charge in [0.2, 0.25) is 0 Å². The zero-order valence-corrected chi connectivity index (χ0v) is 15.6. The highest BCUT2D eigenvalue weighted by atomic mass is 19.4. The molecule has 3 aromatic rings. The number of amides is 1. The van der Waals surface area contributed by atoms with Crippen molar-refractivity contribution < 1.29 is 27.5 Å². The lowest BCUT2D eigenvalue weighted by Gasteiger charge is -2.26. The maximum absolute atomic E-state index is 13.1. The van der Waals surface area contributed by atoms with E-state index >= 15 is 0 Å². The normalized spacial score (nSPS) is 12.0. The molecule has 0 atom stereocenters. The molecule has 0 fully saturated rings. The highest BCUT2D eigenvalue weighted by Gasteiger charge is 2.35. The number of hydrogen-bond acceptors (Lipinski definition) is 4. The number of ether oxygens (including phenoxy) is 1. The molecule has 0 radical (unpaired) electrons. The average molecular weight is 405 g/mol. The number of fused-ring (bicyclic) bond motifs is 1. The molecule has 152 valence electrons. The number of nitrogens with zero attached hydrogens (tertiary/aromatic N) is 1. The SMILES string of the molecule is CC(C)(COC(=O)c1ccccc1C(F)(F)F)NC(=O)c1ccc2cc[nH]c2n1. The van der Waals surface area contributed by atoms with Gasteiger partial charge in [-0.05, 0) is 44.2 Å². The Kier molecular flexibility index (Phi) is 5.32. The van der Waals surface area contributed by atoms with E-state index in [1.165, 1.54) is 12.1 Å². The van der Waals surface area contributed by atoms with E-state index in [9.17, 15) is 22.8 Å². The van der Waals surface area contributed by atoms with Crippen LogP contribution < -0.4 is 5.32 Å². The number of esters is 1. The minimum atomic E-state index is -4.68. The first-order valence-corrected chi connectivity index (χ1v) is 8.67. The summed E-state index contributed by atoms with van der Waals surface area (Å²) in [6, 6.07) is 9.46. The summed E-state index contributed by atoms with van der Waals surface area (Å²) in [5.41, 5.74) is -1.99. The van der Waals surface area contributed by atoms with Crippen LogP contribution in [0.25, 0.3) is 11.0 Å². The van der Waals surface area contributed by atoms with E-state index in [1.807, 2.05) is 6.07 Å². The minimum absolute atomic E-state index is 0.154. The van der Waals surface area contributed by atoms with Gasteiger partial charge in [0, 0.05) is 11.6 Å². The van der Waals surface area contributed by atoms with Gasteiger partial charge in [0.25, 0.3) is 5.91 Å². The van der Waals surface area contributed by atoms with Crippen molar-refractivity contribution in [2.24, 2.45) is 0 Å². The van der Waals surface area contributed by atoms with E-state index in [1.54, 1.807) is 32.2 Å². The standard InChI is InChI=1S/C20H18F3N3O3/c1-19(2,26-17(27)15-8-7-12-9-10-24-16(12)25-15)11-29-18(28)13-5-3-4-6-14(13)20(21,22)23/h3-10H,11H2,1-2H3,(H,24,25)(H,26,27). The summed E-state index contributed by atoms with van der Waals surface area (Å²) in [5, 5.41) is 3.51. The van der Waals surface area contributed by atoms with E-state index in [0.717, 1.165) is 17.5 Å². The van der Waals surface area contributed by atoms with Crippen LogP contribution >= 0.6 is 0 Å². The number of alkyl halides is 3. The molecule has 2 aromatic heterocycles. The molecule has 29 heavy (non-hydrogen) atoms. The molecule has 0 aliphatic heterocycles. The zero-order chi connectivity index (χ0) is 21.2. The summed E-state index contributed by atoms with van der Waals surface area (Å²) in [6.07, 6.45) is -2.98. The number of aromatic nitrogens is 2. The largest absolute Gasteiger partial charge is 0.460 e. The zero-order valence-electron chi connectivity index (χ0n) is 15.6. The second-order valence-electron chi connectivity index (χ2n) is 7.07. The second kappa shape index (κ2) is 7.57. The fourth-order valence-electron chi connectivity index (χ4n) is 2.70. The predicted octanol–water partition coefficient (Wildman–Crippen LogP) is 3.95. The molecule has 0 aliphatic carbocycles. The molecule has 0 unspecified atom stereocenters. The van der Waals surface area contributed by atoms with Gasteiger partial charge in [-0.3, -0.25) is 4.79 Å². The Balaban J connectivity index is 1.66. The lowest BCUT2D eigenvalue weighted by atomic mass is 10.1. The van der Waals surface area contributed by atoms with Gasteiger partial charge in [-0.25, -0.2) is 9.78 Å². The van der Waals surface area contributed by atoms with E-state index in [0.29, 0.717) is 5.65 Å². The average Bonchev–Trinajstić information content (AvgIpc) is 3.13. The number of carbonyl (C=O) groups excluding carboxylic acids is 2. The molecule has 1 amide bonds. The number of pyridine rings is 1. The van der Waals surface area contributed by atoms with Crippen LogP contribution in [0.15, 0.2) is 48.7 Å². The lowest BCUT2D eigenvalue weighted by molar-refractivity contribution is -0.138. The van der Waals surface area contributed by atoms with Crippen molar-refractivity contribution in [1.29, 1.82) is 0 Å². The number of hydrogen-bond donors (Lipinski definition) is 2. The molecule has 0 saturated carbocycles. The molecule has 0 bridgehead atoms. The third-order valence-corrected chi connectivity index (χ3v) is 4.11. The summed E-state index contributed by atoms with van der Waals surface area (Å²) in [6.45, 7) is 2.84. The summed E-state index contributed by atoms with van der Waals surface area (Å²) < 4.78 is 44.2. The van der Waals surface area contributed by atoms with Gasteiger partial charge in [-0.2, -0.15) is 13.2 Å². The molecular weight excluding hydrogens is 387 g/mol. The maximum atomic E-state index is 13.1. The Morgan fingerprint density at radius 1 is 1.10 bits per heavy atom. The van der Waals surface area contributed by atoms with Gasteiger partial charge in [0.05, 0.1) is 16.7 Å². The van der Waals surface area contributed by atoms with Gasteiger partial charge in [0.1, 0.15) is 17.9 Å². The van der Waals surface area contributed by atoms with E-state index in [-0.39, 0.29) is 12.3 Å². The predicted molar refractivity (Wildman–Crippen MR) is 99.4 cm³/mol. The van der Waals surface area contributed by atoms with Crippen molar-refractivity contribution in [1.82, 2.24) is 15.3 Å². The van der Waals surface area contributed by atoms with Crippen molar-refractivity contribution >= 4 is 22.9 Å². The van der Waals surface area contributed by atoms with Crippen LogP contribution in [0.2, 0.25) is 0 Å². The van der Waals surface area contributed by atoms with Crippen molar-refractivity contribution in [2.75, 3.05) is 6.61 Å². The first-order valence-electron chi connectivity index (χ1n) is 8.67. The number of halogens is 3. The Morgan fingerprint density at radius 2 is 1.83 bits per heavy atom. The summed E-state index contributed by atoms with van der Waals surface area (Å²) in [4.78, 5) is 31.7. The Morgan fingerprint density at radius 3 is 2.55 bits per heavy atom. The summed E-state index contributed by atoms with van der Waals surface area (Å²) in [7, 11) is 0. The lowest BCUT2D eigenvalue weighted by Crippen LogP contribution is -2.47. The number of rotatable bonds is 5. The monoisotopic (exact) mass is 405 g/mol. The van der Waals surface area contributed by atoms with Crippen LogP contribution in [0, 0.1) is 0 Å². The van der Waals surface area contributed by atoms with Crippen LogP contribution in [0.1, 0.15) is 40.3 Å². The topological polar surface area (TPSA) is 84.1 Å². The van der Waals surface area contributed by atoms with Gasteiger partial charge in [-0.15, -0.1) is 0 Å². The summed E-state index contributed by atoms with van der Waals surface area (Å²) in [5.74, 6) is -1.62. The molecule has 1 aromatic carbocycles. The van der Waals surface area contributed by atoms with Gasteiger partial charge >= 0.3 is 12.1 Å².